The van der Waals surface area contributed by atoms with Crippen LogP contribution in [0.5, 0.6) is 0 Å². The van der Waals surface area contributed by atoms with Crippen LogP contribution in [0.3, 0.4) is 0 Å². The summed E-state index contributed by atoms with van der Waals surface area (Å²) in [5, 5.41) is 0. The molecule has 2 atom stereocenters. The second kappa shape index (κ2) is 7.69. The summed E-state index contributed by atoms with van der Waals surface area (Å²) in [7, 11) is 0. The van der Waals surface area contributed by atoms with Crippen LogP contribution in [0.4, 0.5) is 4.39 Å². The molecular formula is C20H24FN2. The van der Waals surface area contributed by atoms with Gasteiger partial charge in [-0.3, -0.25) is 9.88 Å². The monoisotopic (exact) mass is 311 g/mol. The van der Waals surface area contributed by atoms with Gasteiger partial charge < -0.3 is 0 Å². The Hall–Kier alpha value is -1.74. The second-order valence-corrected chi connectivity index (χ2v) is 6.34. The molecule has 1 aromatic heterocycles. The van der Waals surface area contributed by atoms with Crippen LogP contribution in [0.2, 0.25) is 0 Å². The standard InChI is InChI=1S/C20H24FN2/c1-16(19-6-2-4-13-22-19)20-7-3-5-14-23(20)15-12-17-8-10-18(21)11-9-17/h2,4,6,8-11,13,16,20H,1,3,5,7,12,14-15H2. The molecule has 0 saturated carbocycles. The third kappa shape index (κ3) is 4.17. The minimum absolute atomic E-state index is 0.169. The summed E-state index contributed by atoms with van der Waals surface area (Å²) in [6.45, 7) is 6.51. The Bertz CT molecular complexity index is 597. The fraction of sp³-hybridized carbons (Fsp3) is 0.400. The Morgan fingerprint density at radius 1 is 1.17 bits per heavy atom. The highest BCUT2D eigenvalue weighted by Crippen LogP contribution is 2.29. The summed E-state index contributed by atoms with van der Waals surface area (Å²) in [5.74, 6) is 0.0299. The normalized spacial score (nSPS) is 20.3. The zero-order valence-electron chi connectivity index (χ0n) is 13.5. The maximum Gasteiger partial charge on any atom is 0.123 e. The number of halogens is 1. The topological polar surface area (TPSA) is 16.1 Å². The number of pyridine rings is 1. The van der Waals surface area contributed by atoms with Gasteiger partial charge in [0.25, 0.3) is 0 Å². The van der Waals surface area contributed by atoms with Crippen LogP contribution >= 0.6 is 0 Å². The summed E-state index contributed by atoms with van der Waals surface area (Å²) in [6.07, 6.45) is 6.48. The fourth-order valence-electron chi connectivity index (χ4n) is 3.47. The molecule has 0 N–H and O–H groups in total. The lowest BCUT2D eigenvalue weighted by atomic mass is 9.88. The average molecular weight is 311 g/mol. The van der Waals surface area contributed by atoms with Crippen LogP contribution in [-0.4, -0.2) is 29.0 Å². The average Bonchev–Trinajstić information content (AvgIpc) is 2.62. The first-order valence-corrected chi connectivity index (χ1v) is 8.46. The van der Waals surface area contributed by atoms with Crippen molar-refractivity contribution in [1.29, 1.82) is 0 Å². The van der Waals surface area contributed by atoms with E-state index in [9.17, 15) is 4.39 Å². The number of nitrogens with zero attached hydrogens (tertiary/aromatic N) is 2. The molecule has 121 valence electrons. The molecule has 2 nitrogen and oxygen atoms in total. The van der Waals surface area contributed by atoms with Gasteiger partial charge in [-0.05, 0) is 62.6 Å². The minimum Gasteiger partial charge on any atom is -0.299 e. The van der Waals surface area contributed by atoms with E-state index in [1.54, 1.807) is 12.1 Å². The van der Waals surface area contributed by atoms with Gasteiger partial charge in [-0.1, -0.05) is 24.6 Å². The van der Waals surface area contributed by atoms with Gasteiger partial charge in [-0.2, -0.15) is 0 Å². The van der Waals surface area contributed by atoms with Crippen molar-refractivity contribution in [1.82, 2.24) is 9.88 Å². The summed E-state index contributed by atoms with van der Waals surface area (Å²) >= 11 is 0. The molecule has 3 rings (SSSR count). The maximum absolute atomic E-state index is 13.0. The smallest absolute Gasteiger partial charge is 0.123 e. The summed E-state index contributed by atoms with van der Waals surface area (Å²) in [6, 6.07) is 13.4. The summed E-state index contributed by atoms with van der Waals surface area (Å²) < 4.78 is 13.0. The predicted octanol–water partition coefficient (Wildman–Crippen LogP) is 4.24. The Labute approximate surface area is 138 Å². The summed E-state index contributed by atoms with van der Waals surface area (Å²) in [4.78, 5) is 7.03. The molecule has 0 bridgehead atoms. The molecule has 3 heteroatoms. The van der Waals surface area contributed by atoms with E-state index in [1.807, 2.05) is 30.5 Å². The predicted molar refractivity (Wildman–Crippen MR) is 91.7 cm³/mol. The van der Waals surface area contributed by atoms with E-state index < -0.39 is 0 Å². The van der Waals surface area contributed by atoms with Crippen molar-refractivity contribution in [2.75, 3.05) is 13.1 Å². The highest BCUT2D eigenvalue weighted by atomic mass is 19.1. The third-order valence-electron chi connectivity index (χ3n) is 4.80. The van der Waals surface area contributed by atoms with Crippen LogP contribution in [0.1, 0.15) is 36.4 Å². The van der Waals surface area contributed by atoms with Gasteiger partial charge in [0.15, 0.2) is 0 Å². The van der Waals surface area contributed by atoms with Crippen molar-refractivity contribution < 1.29 is 4.39 Å². The fourth-order valence-corrected chi connectivity index (χ4v) is 3.47. The minimum atomic E-state index is -0.169. The third-order valence-corrected chi connectivity index (χ3v) is 4.80. The van der Waals surface area contributed by atoms with Crippen molar-refractivity contribution in [3.8, 4) is 0 Å². The number of aromatic nitrogens is 1. The number of hydrogen-bond acceptors (Lipinski definition) is 2. The lowest BCUT2D eigenvalue weighted by Crippen LogP contribution is -2.43. The molecule has 1 aliphatic rings. The van der Waals surface area contributed by atoms with Gasteiger partial charge in [0, 0.05) is 30.4 Å². The first-order valence-electron chi connectivity index (χ1n) is 8.46. The molecule has 1 aromatic carbocycles. The van der Waals surface area contributed by atoms with Gasteiger partial charge in [0.05, 0.1) is 0 Å². The van der Waals surface area contributed by atoms with E-state index in [0.29, 0.717) is 6.04 Å². The molecular weight excluding hydrogens is 287 g/mol. The Morgan fingerprint density at radius 2 is 2.00 bits per heavy atom. The molecule has 0 spiro atoms. The van der Waals surface area contributed by atoms with E-state index in [0.717, 1.165) is 25.2 Å². The molecule has 0 aliphatic carbocycles. The molecule has 1 fully saturated rings. The van der Waals surface area contributed by atoms with E-state index in [-0.39, 0.29) is 11.7 Å². The van der Waals surface area contributed by atoms with Crippen molar-refractivity contribution in [2.24, 2.45) is 0 Å². The van der Waals surface area contributed by atoms with Crippen LogP contribution in [0.15, 0.2) is 48.7 Å². The first kappa shape index (κ1) is 16.1. The highest BCUT2D eigenvalue weighted by Gasteiger charge is 2.28. The molecule has 1 saturated heterocycles. The molecule has 1 aliphatic heterocycles. The number of rotatable bonds is 5. The zero-order valence-corrected chi connectivity index (χ0v) is 13.5. The Kier molecular flexibility index (Phi) is 5.39. The number of benzene rings is 1. The van der Waals surface area contributed by atoms with Crippen molar-refractivity contribution >= 4 is 0 Å². The molecule has 2 unspecified atom stereocenters. The van der Waals surface area contributed by atoms with Gasteiger partial charge in [0.1, 0.15) is 5.82 Å². The molecule has 1 radical (unpaired) electrons. The molecule has 2 aromatic rings. The Balaban J connectivity index is 1.65. The van der Waals surface area contributed by atoms with Gasteiger partial charge in [0.2, 0.25) is 0 Å². The zero-order chi connectivity index (χ0) is 16.1. The van der Waals surface area contributed by atoms with Crippen LogP contribution < -0.4 is 0 Å². The SMILES string of the molecule is [CH2]C(c1ccccn1)C1CCCCN1CCc1ccc(F)cc1. The quantitative estimate of drug-likeness (QED) is 0.821. The van der Waals surface area contributed by atoms with Crippen LogP contribution in [0.25, 0.3) is 0 Å². The molecule has 0 amide bonds. The second-order valence-electron chi connectivity index (χ2n) is 6.34. The lowest BCUT2D eigenvalue weighted by Gasteiger charge is -2.39. The molecule has 23 heavy (non-hydrogen) atoms. The van der Waals surface area contributed by atoms with Gasteiger partial charge >= 0.3 is 0 Å². The van der Waals surface area contributed by atoms with Gasteiger partial charge in [-0.15, -0.1) is 0 Å². The van der Waals surface area contributed by atoms with E-state index in [4.69, 9.17) is 0 Å². The van der Waals surface area contributed by atoms with Crippen LogP contribution in [0, 0.1) is 12.7 Å². The van der Waals surface area contributed by atoms with E-state index in [1.165, 1.54) is 24.8 Å². The van der Waals surface area contributed by atoms with E-state index >= 15 is 0 Å². The first-order chi connectivity index (χ1) is 11.2. The maximum atomic E-state index is 13.0. The van der Waals surface area contributed by atoms with Crippen molar-refractivity contribution in [3.63, 3.8) is 0 Å². The van der Waals surface area contributed by atoms with Crippen molar-refractivity contribution in [3.05, 3.63) is 72.7 Å². The number of likely N-dealkylation sites (tertiary alicyclic amines) is 1. The van der Waals surface area contributed by atoms with Crippen molar-refractivity contribution in [2.45, 2.75) is 37.6 Å². The number of piperidine rings is 1. The summed E-state index contributed by atoms with van der Waals surface area (Å²) in [5.41, 5.74) is 2.26. The van der Waals surface area contributed by atoms with Gasteiger partial charge in [-0.25, -0.2) is 4.39 Å². The molecule has 2 heterocycles. The highest BCUT2D eigenvalue weighted by molar-refractivity contribution is 5.17. The lowest BCUT2D eigenvalue weighted by molar-refractivity contribution is 0.136. The van der Waals surface area contributed by atoms with Crippen LogP contribution in [-0.2, 0) is 6.42 Å². The Morgan fingerprint density at radius 3 is 2.74 bits per heavy atom. The number of hydrogen-bond donors (Lipinski definition) is 0. The largest absolute Gasteiger partial charge is 0.299 e. The van der Waals surface area contributed by atoms with E-state index in [2.05, 4.69) is 22.9 Å².